The van der Waals surface area contributed by atoms with Gasteiger partial charge in [-0.25, -0.2) is 4.98 Å². The molecule has 0 radical (unpaired) electrons. The molecule has 0 bridgehead atoms. The fraction of sp³-hybridized carbons (Fsp3) is 0. The number of carbonyl (C=O) groups excluding carboxylic acids is 4. The molecule has 150 valence electrons. The van der Waals surface area contributed by atoms with Gasteiger partial charge in [-0.1, -0.05) is 30.3 Å². The number of amides is 4. The van der Waals surface area contributed by atoms with Crippen LogP contribution in [-0.2, 0) is 0 Å². The van der Waals surface area contributed by atoms with E-state index in [1.807, 2.05) is 0 Å². The van der Waals surface area contributed by atoms with Gasteiger partial charge >= 0.3 is 0 Å². The van der Waals surface area contributed by atoms with E-state index in [9.17, 15) is 19.2 Å². The lowest BCUT2D eigenvalue weighted by Gasteiger charge is -2.10. The number of hydrogen-bond donors (Lipinski definition) is 4. The topological polar surface area (TPSA) is 157 Å². The van der Waals surface area contributed by atoms with Crippen molar-refractivity contribution in [3.8, 4) is 0 Å². The molecule has 3 aromatic rings. The summed E-state index contributed by atoms with van der Waals surface area (Å²) < 4.78 is 0. The van der Waals surface area contributed by atoms with E-state index in [-0.39, 0.29) is 33.9 Å². The molecule has 30 heavy (non-hydrogen) atoms. The molecule has 9 heteroatoms. The monoisotopic (exact) mass is 403 g/mol. The highest BCUT2D eigenvalue weighted by Crippen LogP contribution is 2.17. The highest BCUT2D eigenvalue weighted by molar-refractivity contribution is 6.10. The number of hydrogen-bond acceptors (Lipinski definition) is 5. The molecule has 9 nitrogen and oxygen atoms in total. The Morgan fingerprint density at radius 2 is 1.00 bits per heavy atom. The largest absolute Gasteiger partial charge is 0.366 e. The molecule has 0 fully saturated rings. The first-order valence-corrected chi connectivity index (χ1v) is 8.74. The molecule has 0 aliphatic rings. The lowest BCUT2D eigenvalue weighted by Crippen LogP contribution is -2.21. The molecule has 6 N–H and O–H groups in total. The number of nitrogens with zero attached hydrogens (tertiary/aromatic N) is 1. The predicted molar refractivity (Wildman–Crippen MR) is 110 cm³/mol. The lowest BCUT2D eigenvalue weighted by molar-refractivity contribution is 0.0990. The second-order valence-corrected chi connectivity index (χ2v) is 6.14. The molecule has 0 spiro atoms. The Bertz CT molecular complexity index is 1070. The van der Waals surface area contributed by atoms with Crippen molar-refractivity contribution in [3.05, 3.63) is 89.2 Å². The number of carbonyl (C=O) groups is 4. The van der Waals surface area contributed by atoms with E-state index < -0.39 is 23.6 Å². The molecule has 0 unspecified atom stereocenters. The summed E-state index contributed by atoms with van der Waals surface area (Å²) in [6.07, 6.45) is 0. The summed E-state index contributed by atoms with van der Waals surface area (Å²) in [5.41, 5.74) is 11.2. The molecule has 2 aromatic carbocycles. The molecule has 4 amide bonds. The van der Waals surface area contributed by atoms with Crippen molar-refractivity contribution in [1.29, 1.82) is 0 Å². The van der Waals surface area contributed by atoms with E-state index in [1.165, 1.54) is 42.5 Å². The van der Waals surface area contributed by atoms with Crippen LogP contribution in [0.2, 0.25) is 0 Å². The number of benzene rings is 2. The molecule has 1 heterocycles. The predicted octanol–water partition coefficient (Wildman–Crippen LogP) is 1.78. The number of para-hydroxylation sites is 2. The van der Waals surface area contributed by atoms with Gasteiger partial charge in [0.05, 0.1) is 22.5 Å². The third kappa shape index (κ3) is 4.47. The Morgan fingerprint density at radius 3 is 1.40 bits per heavy atom. The summed E-state index contributed by atoms with van der Waals surface area (Å²) in [5, 5.41) is 5.11. The molecular formula is C21H17N5O4. The summed E-state index contributed by atoms with van der Waals surface area (Å²) in [6, 6.07) is 16.8. The van der Waals surface area contributed by atoms with Crippen molar-refractivity contribution < 1.29 is 19.2 Å². The molecule has 0 aliphatic heterocycles. The molecule has 3 rings (SSSR count). The maximum Gasteiger partial charge on any atom is 0.274 e. The lowest BCUT2D eigenvalue weighted by atomic mass is 10.1. The quantitative estimate of drug-likeness (QED) is 0.493. The number of aromatic nitrogens is 1. The van der Waals surface area contributed by atoms with Crippen LogP contribution in [-0.4, -0.2) is 28.6 Å². The molecule has 1 aromatic heterocycles. The van der Waals surface area contributed by atoms with Crippen LogP contribution in [0.5, 0.6) is 0 Å². The normalized spacial score (nSPS) is 10.1. The van der Waals surface area contributed by atoms with Crippen molar-refractivity contribution in [3.63, 3.8) is 0 Å². The van der Waals surface area contributed by atoms with Crippen molar-refractivity contribution in [2.45, 2.75) is 0 Å². The minimum absolute atomic E-state index is 0.0508. The smallest absolute Gasteiger partial charge is 0.274 e. The number of rotatable bonds is 6. The van der Waals surface area contributed by atoms with E-state index >= 15 is 0 Å². The number of nitrogens with one attached hydrogen (secondary N) is 2. The van der Waals surface area contributed by atoms with Gasteiger partial charge in [-0.05, 0) is 36.4 Å². The second-order valence-electron chi connectivity index (χ2n) is 6.14. The van der Waals surface area contributed by atoms with E-state index in [0.717, 1.165) is 0 Å². The van der Waals surface area contributed by atoms with Crippen molar-refractivity contribution in [2.75, 3.05) is 10.6 Å². The van der Waals surface area contributed by atoms with Gasteiger partial charge in [0, 0.05) is 0 Å². The van der Waals surface area contributed by atoms with Crippen LogP contribution in [0.4, 0.5) is 11.4 Å². The number of nitrogens with two attached hydrogens (primary N) is 2. The van der Waals surface area contributed by atoms with Crippen molar-refractivity contribution in [2.24, 2.45) is 11.5 Å². The van der Waals surface area contributed by atoms with Crippen LogP contribution in [0.25, 0.3) is 0 Å². The highest BCUT2D eigenvalue weighted by atomic mass is 16.2. The van der Waals surface area contributed by atoms with Gasteiger partial charge in [-0.2, -0.15) is 0 Å². The van der Waals surface area contributed by atoms with Gasteiger partial charge in [0.2, 0.25) is 0 Å². The maximum absolute atomic E-state index is 12.5. The maximum atomic E-state index is 12.5. The van der Waals surface area contributed by atoms with Gasteiger partial charge in [0.1, 0.15) is 11.4 Å². The SMILES string of the molecule is NC(=O)c1ccccc1NC(=O)c1cccc(C(=O)Nc2ccccc2C(N)=O)n1. The van der Waals surface area contributed by atoms with Crippen molar-refractivity contribution in [1.82, 2.24) is 4.98 Å². The van der Waals surface area contributed by atoms with Crippen LogP contribution in [0.3, 0.4) is 0 Å². The van der Waals surface area contributed by atoms with Crippen LogP contribution in [0, 0.1) is 0 Å². The summed E-state index contributed by atoms with van der Waals surface area (Å²) >= 11 is 0. The van der Waals surface area contributed by atoms with E-state index in [0.29, 0.717) is 0 Å². The van der Waals surface area contributed by atoms with Crippen molar-refractivity contribution >= 4 is 35.0 Å². The summed E-state index contributed by atoms with van der Waals surface area (Å²) in [6.45, 7) is 0. The molecule has 0 saturated heterocycles. The average Bonchev–Trinajstić information content (AvgIpc) is 2.74. The first-order valence-electron chi connectivity index (χ1n) is 8.74. The second kappa shape index (κ2) is 8.65. The summed E-state index contributed by atoms with van der Waals surface area (Å²) in [4.78, 5) is 52.2. The highest BCUT2D eigenvalue weighted by Gasteiger charge is 2.16. The minimum atomic E-state index is -0.694. The van der Waals surface area contributed by atoms with Gasteiger partial charge in [-0.15, -0.1) is 0 Å². The molecule has 0 atom stereocenters. The standard InChI is InChI=1S/C21H17N5O4/c22-18(27)12-6-1-3-8-14(12)25-20(29)16-10-5-11-17(24-16)21(30)26-15-9-4-2-7-13(15)19(23)28/h1-11H,(H2,22,27)(H2,23,28)(H,25,29)(H,26,30). The first-order chi connectivity index (χ1) is 14.4. The Hall–Kier alpha value is -4.53. The summed E-state index contributed by atoms with van der Waals surface area (Å²) in [5.74, 6) is -2.65. The molecular weight excluding hydrogens is 386 g/mol. The Balaban J connectivity index is 1.81. The van der Waals surface area contributed by atoms with Gasteiger partial charge < -0.3 is 22.1 Å². The molecule has 0 aliphatic carbocycles. The summed E-state index contributed by atoms with van der Waals surface area (Å²) in [7, 11) is 0. The minimum Gasteiger partial charge on any atom is -0.366 e. The first kappa shape index (κ1) is 20.2. The Labute approximate surface area is 171 Å². The number of anilines is 2. The molecule has 0 saturated carbocycles. The zero-order valence-corrected chi connectivity index (χ0v) is 15.6. The van der Waals surface area contributed by atoms with E-state index in [2.05, 4.69) is 15.6 Å². The third-order valence-corrected chi connectivity index (χ3v) is 4.10. The number of primary amides is 2. The van der Waals surface area contributed by atoms with Crippen LogP contribution in [0.15, 0.2) is 66.7 Å². The van der Waals surface area contributed by atoms with Crippen LogP contribution >= 0.6 is 0 Å². The Kier molecular flexibility index (Phi) is 5.83. The van der Waals surface area contributed by atoms with Gasteiger partial charge in [-0.3, -0.25) is 19.2 Å². The van der Waals surface area contributed by atoms with E-state index in [1.54, 1.807) is 24.3 Å². The Morgan fingerprint density at radius 1 is 0.600 bits per heavy atom. The fourth-order valence-electron chi connectivity index (χ4n) is 2.67. The third-order valence-electron chi connectivity index (χ3n) is 4.10. The fourth-order valence-corrected chi connectivity index (χ4v) is 2.67. The average molecular weight is 403 g/mol. The van der Waals surface area contributed by atoms with Gasteiger partial charge in [0.15, 0.2) is 0 Å². The zero-order chi connectivity index (χ0) is 21.7. The van der Waals surface area contributed by atoms with E-state index in [4.69, 9.17) is 11.5 Å². The zero-order valence-electron chi connectivity index (χ0n) is 15.6. The van der Waals surface area contributed by atoms with Crippen LogP contribution in [0.1, 0.15) is 41.7 Å². The van der Waals surface area contributed by atoms with Gasteiger partial charge in [0.25, 0.3) is 23.6 Å². The van der Waals surface area contributed by atoms with Crippen LogP contribution < -0.4 is 22.1 Å². The number of pyridine rings is 1.